The second-order valence-corrected chi connectivity index (χ2v) is 9.32. The van der Waals surface area contributed by atoms with Crippen molar-refractivity contribution in [1.82, 2.24) is 15.0 Å². The van der Waals surface area contributed by atoms with Crippen molar-refractivity contribution in [1.29, 1.82) is 0 Å². The second kappa shape index (κ2) is 8.46. The molecule has 0 saturated carbocycles. The van der Waals surface area contributed by atoms with Crippen LogP contribution in [0.2, 0.25) is 0 Å². The molecule has 1 aromatic carbocycles. The highest BCUT2D eigenvalue weighted by atomic mass is 16.1. The lowest BCUT2D eigenvalue weighted by Crippen LogP contribution is -2.37. The summed E-state index contributed by atoms with van der Waals surface area (Å²) in [5, 5.41) is 4.37. The topological polar surface area (TPSA) is 73.9 Å². The predicted octanol–water partition coefficient (Wildman–Crippen LogP) is 4.54. The highest BCUT2D eigenvalue weighted by Gasteiger charge is 2.24. The molecule has 0 bridgehead atoms. The first kappa shape index (κ1) is 20.4. The van der Waals surface area contributed by atoms with Gasteiger partial charge in [-0.25, -0.2) is 9.97 Å². The Bertz CT molecular complexity index is 1020. The van der Waals surface area contributed by atoms with Gasteiger partial charge in [0.1, 0.15) is 17.8 Å². The zero-order valence-electron chi connectivity index (χ0n) is 18.1. The van der Waals surface area contributed by atoms with Crippen LogP contribution in [0.1, 0.15) is 45.6 Å². The van der Waals surface area contributed by atoms with Crippen LogP contribution in [-0.4, -0.2) is 40.4 Å². The van der Waals surface area contributed by atoms with Gasteiger partial charge in [-0.05, 0) is 47.9 Å². The lowest BCUT2D eigenvalue weighted by molar-refractivity contribution is -0.118. The average Bonchev–Trinajstić information content (AvgIpc) is 3.21. The lowest BCUT2D eigenvalue weighted by Gasteiger charge is -2.33. The minimum Gasteiger partial charge on any atom is -0.378 e. The Labute approximate surface area is 178 Å². The molecule has 6 nitrogen and oxygen atoms in total. The maximum atomic E-state index is 12.7. The number of nitrogens with zero attached hydrogens (tertiary/aromatic N) is 3. The van der Waals surface area contributed by atoms with E-state index in [1.54, 1.807) is 6.33 Å². The largest absolute Gasteiger partial charge is 0.378 e. The average molecular weight is 406 g/mol. The number of carbonyl (C=O) groups is 1. The smallest absolute Gasteiger partial charge is 0.152 e. The molecule has 2 aromatic heterocycles. The summed E-state index contributed by atoms with van der Waals surface area (Å²) in [6.45, 7) is 8.81. The van der Waals surface area contributed by atoms with Crippen LogP contribution in [0.15, 0.2) is 42.9 Å². The van der Waals surface area contributed by atoms with Crippen molar-refractivity contribution in [2.75, 3.05) is 29.9 Å². The number of benzene rings is 1. The van der Waals surface area contributed by atoms with Gasteiger partial charge in [-0.3, -0.25) is 4.79 Å². The standard InChI is InChI=1S/C24H31N5O/c1-24(2,3)18-7-4-8-19(13-18)26-14-20(30)12-17-6-5-11-29(15-17)23-21-9-10-25-22(21)27-16-28-23/h4,7-10,13,16-17,26H,5-6,11-12,14-15H2,1-3H3,(H,25,27,28). The van der Waals surface area contributed by atoms with Crippen LogP contribution in [0, 0.1) is 5.92 Å². The van der Waals surface area contributed by atoms with Crippen LogP contribution in [0.25, 0.3) is 11.0 Å². The minimum atomic E-state index is 0.0964. The monoisotopic (exact) mass is 405 g/mol. The molecule has 2 N–H and O–H groups in total. The SMILES string of the molecule is CC(C)(C)c1cccc(NCC(=O)CC2CCCN(c3ncnc4[nH]ccc34)C2)c1. The van der Waals surface area contributed by atoms with E-state index >= 15 is 0 Å². The van der Waals surface area contributed by atoms with Crippen molar-refractivity contribution >= 4 is 28.3 Å². The molecular formula is C24H31N5O. The van der Waals surface area contributed by atoms with Crippen molar-refractivity contribution in [2.45, 2.75) is 45.4 Å². The number of hydrogen-bond donors (Lipinski definition) is 2. The summed E-state index contributed by atoms with van der Waals surface area (Å²) in [5.74, 6) is 1.59. The molecule has 1 saturated heterocycles. The number of aromatic amines is 1. The lowest BCUT2D eigenvalue weighted by atomic mass is 9.87. The normalized spacial score (nSPS) is 17.3. The van der Waals surface area contributed by atoms with Crippen LogP contribution in [0.5, 0.6) is 0 Å². The first-order valence-electron chi connectivity index (χ1n) is 10.8. The van der Waals surface area contributed by atoms with Crippen LogP contribution < -0.4 is 10.2 Å². The fraction of sp³-hybridized carbons (Fsp3) is 0.458. The molecule has 1 aliphatic heterocycles. The number of carbonyl (C=O) groups excluding carboxylic acids is 1. The van der Waals surface area contributed by atoms with Gasteiger partial charge in [0.15, 0.2) is 5.78 Å². The van der Waals surface area contributed by atoms with Gasteiger partial charge in [-0.15, -0.1) is 0 Å². The Kier molecular flexibility index (Phi) is 5.75. The number of piperidine rings is 1. The van der Waals surface area contributed by atoms with Gasteiger partial charge >= 0.3 is 0 Å². The van der Waals surface area contributed by atoms with Gasteiger partial charge in [0, 0.05) is 31.4 Å². The van der Waals surface area contributed by atoms with E-state index in [0.717, 1.165) is 48.5 Å². The molecule has 1 aliphatic rings. The van der Waals surface area contributed by atoms with E-state index in [2.05, 4.69) is 64.1 Å². The third-order valence-corrected chi connectivity index (χ3v) is 5.89. The Balaban J connectivity index is 1.34. The van der Waals surface area contributed by atoms with Gasteiger partial charge in [0.05, 0.1) is 11.9 Å². The summed E-state index contributed by atoms with van der Waals surface area (Å²) >= 11 is 0. The second-order valence-electron chi connectivity index (χ2n) is 9.32. The van der Waals surface area contributed by atoms with Crippen LogP contribution >= 0.6 is 0 Å². The number of anilines is 2. The van der Waals surface area contributed by atoms with Crippen molar-refractivity contribution in [3.8, 4) is 0 Å². The third kappa shape index (κ3) is 4.64. The van der Waals surface area contributed by atoms with E-state index in [1.165, 1.54) is 5.56 Å². The highest BCUT2D eigenvalue weighted by molar-refractivity contribution is 5.87. The van der Waals surface area contributed by atoms with Crippen molar-refractivity contribution in [2.24, 2.45) is 5.92 Å². The van der Waals surface area contributed by atoms with Gasteiger partial charge in [0.25, 0.3) is 0 Å². The number of H-pyrrole nitrogens is 1. The molecule has 30 heavy (non-hydrogen) atoms. The number of rotatable bonds is 6. The molecule has 6 heteroatoms. The van der Waals surface area contributed by atoms with E-state index in [1.807, 2.05) is 18.3 Å². The van der Waals surface area contributed by atoms with Crippen molar-refractivity contribution < 1.29 is 4.79 Å². The van der Waals surface area contributed by atoms with Crippen molar-refractivity contribution in [3.05, 3.63) is 48.4 Å². The molecule has 158 valence electrons. The molecule has 0 amide bonds. The zero-order chi connectivity index (χ0) is 21.1. The summed E-state index contributed by atoms with van der Waals surface area (Å²) < 4.78 is 0. The predicted molar refractivity (Wildman–Crippen MR) is 122 cm³/mol. The van der Waals surface area contributed by atoms with Gasteiger partial charge in [0.2, 0.25) is 0 Å². The molecule has 1 unspecified atom stereocenters. The van der Waals surface area contributed by atoms with E-state index in [0.29, 0.717) is 18.9 Å². The molecule has 0 spiro atoms. The van der Waals surface area contributed by atoms with Gasteiger partial charge < -0.3 is 15.2 Å². The zero-order valence-corrected chi connectivity index (χ0v) is 18.1. The number of hydrogen-bond acceptors (Lipinski definition) is 5. The van der Waals surface area contributed by atoms with E-state index in [9.17, 15) is 4.79 Å². The maximum absolute atomic E-state index is 12.7. The Hall–Kier alpha value is -2.89. The molecule has 3 aromatic rings. The fourth-order valence-corrected chi connectivity index (χ4v) is 4.23. The molecule has 0 aliphatic carbocycles. The molecule has 1 fully saturated rings. The summed E-state index contributed by atoms with van der Waals surface area (Å²) in [6.07, 6.45) is 6.27. The van der Waals surface area contributed by atoms with Crippen LogP contribution in [-0.2, 0) is 10.2 Å². The van der Waals surface area contributed by atoms with Gasteiger partial charge in [-0.2, -0.15) is 0 Å². The van der Waals surface area contributed by atoms with Crippen molar-refractivity contribution in [3.63, 3.8) is 0 Å². The summed E-state index contributed by atoms with van der Waals surface area (Å²) in [5.41, 5.74) is 3.24. The summed E-state index contributed by atoms with van der Waals surface area (Å²) in [6, 6.07) is 10.4. The first-order chi connectivity index (χ1) is 14.4. The van der Waals surface area contributed by atoms with E-state index in [4.69, 9.17) is 0 Å². The number of Topliss-reactive ketones (excluding diaryl/α,β-unsaturated/α-hetero) is 1. The Morgan fingerprint density at radius 2 is 2.13 bits per heavy atom. The molecular weight excluding hydrogens is 374 g/mol. The summed E-state index contributed by atoms with van der Waals surface area (Å²) in [4.78, 5) is 26.9. The number of aromatic nitrogens is 3. The maximum Gasteiger partial charge on any atom is 0.152 e. The van der Waals surface area contributed by atoms with E-state index in [-0.39, 0.29) is 11.2 Å². The van der Waals surface area contributed by atoms with Gasteiger partial charge in [-0.1, -0.05) is 32.9 Å². The highest BCUT2D eigenvalue weighted by Crippen LogP contribution is 2.28. The fourth-order valence-electron chi connectivity index (χ4n) is 4.23. The minimum absolute atomic E-state index is 0.0964. The summed E-state index contributed by atoms with van der Waals surface area (Å²) in [7, 11) is 0. The Morgan fingerprint density at radius 1 is 1.27 bits per heavy atom. The number of fused-ring (bicyclic) bond motifs is 1. The molecule has 3 heterocycles. The van der Waals surface area contributed by atoms with Crippen LogP contribution in [0.4, 0.5) is 11.5 Å². The quantitative estimate of drug-likeness (QED) is 0.630. The first-order valence-corrected chi connectivity index (χ1v) is 10.8. The van der Waals surface area contributed by atoms with E-state index < -0.39 is 0 Å². The third-order valence-electron chi connectivity index (χ3n) is 5.89. The van der Waals surface area contributed by atoms with Crippen LogP contribution in [0.3, 0.4) is 0 Å². The number of nitrogens with one attached hydrogen (secondary N) is 2. The molecule has 4 rings (SSSR count). The molecule has 0 radical (unpaired) electrons. The number of ketones is 1. The Morgan fingerprint density at radius 3 is 2.97 bits per heavy atom. The molecule has 1 atom stereocenters.